The van der Waals surface area contributed by atoms with Crippen molar-refractivity contribution in [3.05, 3.63) is 54.1 Å². The van der Waals surface area contributed by atoms with Crippen LogP contribution in [-0.2, 0) is 14.3 Å². The highest BCUT2D eigenvalue weighted by Gasteiger charge is 2.13. The molecule has 1 aliphatic rings. The van der Waals surface area contributed by atoms with Crippen molar-refractivity contribution in [3.8, 4) is 5.75 Å². The number of amides is 2. The Morgan fingerprint density at radius 2 is 1.58 bits per heavy atom. The summed E-state index contributed by atoms with van der Waals surface area (Å²) in [6.45, 7) is 1.22. The van der Waals surface area contributed by atoms with Crippen molar-refractivity contribution in [1.29, 1.82) is 0 Å². The molecule has 164 valence electrons. The highest BCUT2D eigenvalue weighted by molar-refractivity contribution is 5.95. The Morgan fingerprint density at radius 1 is 0.903 bits per heavy atom. The number of para-hydroxylation sites is 1. The fourth-order valence-electron chi connectivity index (χ4n) is 3.40. The van der Waals surface area contributed by atoms with Crippen LogP contribution in [-0.4, -0.2) is 44.1 Å². The van der Waals surface area contributed by atoms with E-state index in [4.69, 9.17) is 15.2 Å². The van der Waals surface area contributed by atoms with E-state index < -0.39 is 31.0 Å². The van der Waals surface area contributed by atoms with Crippen LogP contribution in [0.1, 0.15) is 36.0 Å². The van der Waals surface area contributed by atoms with Crippen LogP contribution in [0.4, 0.5) is 11.4 Å². The van der Waals surface area contributed by atoms with Crippen LogP contribution in [0.15, 0.2) is 48.5 Å². The standard InChI is InChI=1S/C23H27N3O5/c24-23(29)19-7-3-4-8-20(19)30-16-22(28)31-15-21(27)25-17-9-11-18(12-10-17)26-13-5-1-2-6-14-26/h3-4,7-12H,1-2,5-6,13-16H2,(H2,24,29)(H,25,27). The van der Waals surface area contributed by atoms with E-state index in [1.54, 1.807) is 12.1 Å². The Labute approximate surface area is 181 Å². The van der Waals surface area contributed by atoms with Gasteiger partial charge in [-0.15, -0.1) is 0 Å². The van der Waals surface area contributed by atoms with E-state index in [2.05, 4.69) is 10.2 Å². The van der Waals surface area contributed by atoms with E-state index in [-0.39, 0.29) is 11.3 Å². The van der Waals surface area contributed by atoms with E-state index in [9.17, 15) is 14.4 Å². The Morgan fingerprint density at radius 3 is 2.26 bits per heavy atom. The number of nitrogens with one attached hydrogen (secondary N) is 1. The number of benzene rings is 2. The number of primary amides is 1. The predicted octanol–water partition coefficient (Wildman–Crippen LogP) is 2.73. The van der Waals surface area contributed by atoms with Gasteiger partial charge < -0.3 is 25.4 Å². The number of nitrogens with zero attached hydrogens (tertiary/aromatic N) is 1. The molecule has 0 aromatic heterocycles. The van der Waals surface area contributed by atoms with Gasteiger partial charge in [-0.25, -0.2) is 4.79 Å². The molecule has 2 amide bonds. The number of esters is 1. The molecule has 8 nitrogen and oxygen atoms in total. The van der Waals surface area contributed by atoms with Crippen LogP contribution in [0.5, 0.6) is 5.75 Å². The summed E-state index contributed by atoms with van der Waals surface area (Å²) in [6.07, 6.45) is 4.93. The number of hydrogen-bond donors (Lipinski definition) is 2. The average molecular weight is 425 g/mol. The number of hydrogen-bond acceptors (Lipinski definition) is 6. The summed E-state index contributed by atoms with van der Waals surface area (Å²) in [4.78, 5) is 37.6. The quantitative estimate of drug-likeness (QED) is 0.629. The molecule has 1 fully saturated rings. The van der Waals surface area contributed by atoms with Gasteiger partial charge in [0.15, 0.2) is 13.2 Å². The molecule has 0 atom stereocenters. The zero-order valence-electron chi connectivity index (χ0n) is 17.3. The molecule has 3 rings (SSSR count). The Bertz CT molecular complexity index is 906. The van der Waals surface area contributed by atoms with Gasteiger partial charge in [0.05, 0.1) is 5.56 Å². The zero-order chi connectivity index (χ0) is 22.1. The molecule has 0 saturated carbocycles. The lowest BCUT2D eigenvalue weighted by atomic mass is 10.2. The molecule has 8 heteroatoms. The number of carbonyl (C=O) groups is 3. The van der Waals surface area contributed by atoms with Crippen LogP contribution in [0, 0.1) is 0 Å². The lowest BCUT2D eigenvalue weighted by molar-refractivity contribution is -0.149. The normalized spacial score (nSPS) is 13.7. The summed E-state index contributed by atoms with van der Waals surface area (Å²) < 4.78 is 10.2. The van der Waals surface area contributed by atoms with Crippen molar-refractivity contribution in [2.75, 3.05) is 36.5 Å². The second-order valence-electron chi connectivity index (χ2n) is 7.31. The Balaban J connectivity index is 1.42. The highest BCUT2D eigenvalue weighted by atomic mass is 16.6. The lowest BCUT2D eigenvalue weighted by Gasteiger charge is -2.22. The maximum absolute atomic E-state index is 12.1. The van der Waals surface area contributed by atoms with Gasteiger partial charge in [-0.1, -0.05) is 25.0 Å². The number of rotatable bonds is 8. The monoisotopic (exact) mass is 425 g/mol. The van der Waals surface area contributed by atoms with Crippen molar-refractivity contribution < 1.29 is 23.9 Å². The maximum Gasteiger partial charge on any atom is 0.344 e. The van der Waals surface area contributed by atoms with Gasteiger partial charge in [-0.05, 0) is 49.2 Å². The first-order chi connectivity index (χ1) is 15.0. The summed E-state index contributed by atoms with van der Waals surface area (Å²) >= 11 is 0. The minimum absolute atomic E-state index is 0.164. The van der Waals surface area contributed by atoms with Gasteiger partial charge in [-0.2, -0.15) is 0 Å². The van der Waals surface area contributed by atoms with Crippen molar-refractivity contribution in [2.24, 2.45) is 5.73 Å². The van der Waals surface area contributed by atoms with E-state index >= 15 is 0 Å². The number of nitrogens with two attached hydrogens (primary N) is 1. The number of carbonyl (C=O) groups excluding carboxylic acids is 3. The maximum atomic E-state index is 12.1. The SMILES string of the molecule is NC(=O)c1ccccc1OCC(=O)OCC(=O)Nc1ccc(N2CCCCCC2)cc1. The molecule has 0 spiro atoms. The van der Waals surface area contributed by atoms with Crippen LogP contribution in [0.3, 0.4) is 0 Å². The first kappa shape index (κ1) is 22.1. The van der Waals surface area contributed by atoms with Gasteiger partial charge in [0, 0.05) is 24.5 Å². The third kappa shape index (κ3) is 6.74. The summed E-state index contributed by atoms with van der Waals surface area (Å²) in [5.74, 6) is -1.66. The lowest BCUT2D eigenvalue weighted by Crippen LogP contribution is -2.25. The van der Waals surface area contributed by atoms with Gasteiger partial charge in [0.2, 0.25) is 0 Å². The van der Waals surface area contributed by atoms with Crippen LogP contribution in [0.25, 0.3) is 0 Å². The first-order valence-electron chi connectivity index (χ1n) is 10.3. The average Bonchev–Trinajstić information content (AvgIpc) is 3.06. The molecule has 0 radical (unpaired) electrons. The molecule has 0 unspecified atom stereocenters. The molecular formula is C23H27N3O5. The third-order valence-corrected chi connectivity index (χ3v) is 4.98. The molecule has 1 heterocycles. The largest absolute Gasteiger partial charge is 0.481 e. The van der Waals surface area contributed by atoms with E-state index in [0.29, 0.717) is 5.69 Å². The van der Waals surface area contributed by atoms with Crippen molar-refractivity contribution in [2.45, 2.75) is 25.7 Å². The molecule has 0 bridgehead atoms. The second kappa shape index (κ2) is 11.0. The summed E-state index contributed by atoms with van der Waals surface area (Å²) in [7, 11) is 0. The van der Waals surface area contributed by atoms with E-state index in [1.165, 1.54) is 37.8 Å². The minimum Gasteiger partial charge on any atom is -0.481 e. The number of anilines is 2. The molecule has 2 aromatic carbocycles. The minimum atomic E-state index is -0.731. The van der Waals surface area contributed by atoms with Crippen LogP contribution in [0.2, 0.25) is 0 Å². The molecule has 2 aromatic rings. The van der Waals surface area contributed by atoms with Crippen LogP contribution >= 0.6 is 0 Å². The second-order valence-corrected chi connectivity index (χ2v) is 7.31. The van der Waals surface area contributed by atoms with Crippen molar-refractivity contribution >= 4 is 29.2 Å². The van der Waals surface area contributed by atoms with Gasteiger partial charge in [0.1, 0.15) is 5.75 Å². The summed E-state index contributed by atoms with van der Waals surface area (Å²) in [5, 5.41) is 2.70. The topological polar surface area (TPSA) is 111 Å². The zero-order valence-corrected chi connectivity index (χ0v) is 17.3. The third-order valence-electron chi connectivity index (χ3n) is 4.98. The Kier molecular flexibility index (Phi) is 7.86. The van der Waals surface area contributed by atoms with Gasteiger partial charge in [0.25, 0.3) is 11.8 Å². The molecule has 1 saturated heterocycles. The van der Waals surface area contributed by atoms with E-state index in [0.717, 1.165) is 18.8 Å². The van der Waals surface area contributed by atoms with Crippen molar-refractivity contribution in [1.82, 2.24) is 0 Å². The fraction of sp³-hybridized carbons (Fsp3) is 0.348. The van der Waals surface area contributed by atoms with Gasteiger partial charge >= 0.3 is 5.97 Å². The molecular weight excluding hydrogens is 398 g/mol. The summed E-state index contributed by atoms with van der Waals surface area (Å²) in [6, 6.07) is 13.9. The first-order valence-corrected chi connectivity index (χ1v) is 10.3. The van der Waals surface area contributed by atoms with Crippen LogP contribution < -0.4 is 20.7 Å². The summed E-state index contributed by atoms with van der Waals surface area (Å²) in [5.41, 5.74) is 7.19. The molecule has 1 aliphatic heterocycles. The van der Waals surface area contributed by atoms with Gasteiger partial charge in [-0.3, -0.25) is 9.59 Å². The van der Waals surface area contributed by atoms with Crippen molar-refractivity contribution in [3.63, 3.8) is 0 Å². The fourth-order valence-corrected chi connectivity index (χ4v) is 3.40. The Hall–Kier alpha value is -3.55. The number of ether oxygens (including phenoxy) is 2. The molecule has 3 N–H and O–H groups in total. The predicted molar refractivity (Wildman–Crippen MR) is 117 cm³/mol. The molecule has 31 heavy (non-hydrogen) atoms. The molecule has 0 aliphatic carbocycles. The smallest absolute Gasteiger partial charge is 0.344 e. The highest BCUT2D eigenvalue weighted by Crippen LogP contribution is 2.21. The van der Waals surface area contributed by atoms with E-state index in [1.807, 2.05) is 24.3 Å².